The van der Waals surface area contributed by atoms with Crippen LogP contribution in [0.15, 0.2) is 64.6 Å². The molecule has 0 N–H and O–H groups in total. The Morgan fingerprint density at radius 1 is 1.07 bits per heavy atom. The highest BCUT2D eigenvalue weighted by Crippen LogP contribution is 2.30. The number of aliphatic imine (C=N–C) groups is 2. The molecule has 2 heterocycles. The minimum Gasteiger partial charge on any atom is -0.297 e. The second kappa shape index (κ2) is 8.05. The van der Waals surface area contributed by atoms with Crippen LogP contribution < -0.4 is 0 Å². The van der Waals surface area contributed by atoms with Gasteiger partial charge in [0.2, 0.25) is 11.9 Å². The van der Waals surface area contributed by atoms with Gasteiger partial charge >= 0.3 is 0 Å². The van der Waals surface area contributed by atoms with E-state index in [-0.39, 0.29) is 17.4 Å². The fourth-order valence-corrected chi connectivity index (χ4v) is 4.43. The van der Waals surface area contributed by atoms with E-state index in [1.54, 1.807) is 11.9 Å². The largest absolute Gasteiger partial charge is 0.297 e. The SMILES string of the molecule is CN=C1C(CCCc2ccc(-c3ccccc3)cc2)C(=O)N(C)C2=NC(C)(C)CN12. The molecule has 156 valence electrons. The summed E-state index contributed by atoms with van der Waals surface area (Å²) in [4.78, 5) is 26.1. The summed E-state index contributed by atoms with van der Waals surface area (Å²) in [6.07, 6.45) is 2.68. The molecule has 0 saturated carbocycles. The maximum Gasteiger partial charge on any atom is 0.239 e. The lowest BCUT2D eigenvalue weighted by atomic mass is 9.94. The molecule has 2 aliphatic rings. The summed E-state index contributed by atoms with van der Waals surface area (Å²) >= 11 is 0. The summed E-state index contributed by atoms with van der Waals surface area (Å²) < 4.78 is 0. The Morgan fingerprint density at radius 3 is 2.40 bits per heavy atom. The highest BCUT2D eigenvalue weighted by atomic mass is 16.2. The summed E-state index contributed by atoms with van der Waals surface area (Å²) in [6, 6.07) is 19.2. The number of carbonyl (C=O) groups excluding carboxylic acids is 1. The summed E-state index contributed by atoms with van der Waals surface area (Å²) in [6.45, 7) is 4.96. The molecule has 0 aliphatic carbocycles. The van der Waals surface area contributed by atoms with Gasteiger partial charge in [-0.2, -0.15) is 0 Å². The topological polar surface area (TPSA) is 48.3 Å². The molecule has 0 radical (unpaired) electrons. The van der Waals surface area contributed by atoms with Gasteiger partial charge < -0.3 is 0 Å². The lowest BCUT2D eigenvalue weighted by Gasteiger charge is -2.38. The Morgan fingerprint density at radius 2 is 1.73 bits per heavy atom. The van der Waals surface area contributed by atoms with E-state index in [9.17, 15) is 4.79 Å². The molecule has 0 spiro atoms. The Kier molecular flexibility index (Phi) is 5.46. The predicted molar refractivity (Wildman–Crippen MR) is 123 cm³/mol. The Labute approximate surface area is 179 Å². The molecular weight excluding hydrogens is 372 g/mol. The van der Waals surface area contributed by atoms with Gasteiger partial charge in [-0.3, -0.25) is 19.6 Å². The van der Waals surface area contributed by atoms with Gasteiger partial charge in [0.25, 0.3) is 0 Å². The van der Waals surface area contributed by atoms with Gasteiger partial charge in [-0.05, 0) is 49.8 Å². The van der Waals surface area contributed by atoms with Crippen molar-refractivity contribution in [3.63, 3.8) is 0 Å². The minimum absolute atomic E-state index is 0.0997. The van der Waals surface area contributed by atoms with Crippen LogP contribution in [0.5, 0.6) is 0 Å². The molecule has 4 rings (SSSR count). The number of rotatable bonds is 5. The minimum atomic E-state index is -0.199. The van der Waals surface area contributed by atoms with Gasteiger partial charge in [-0.15, -0.1) is 0 Å². The molecule has 0 bridgehead atoms. The van der Waals surface area contributed by atoms with Crippen LogP contribution in [0.4, 0.5) is 0 Å². The zero-order valence-electron chi connectivity index (χ0n) is 18.3. The quantitative estimate of drug-likeness (QED) is 0.751. The molecule has 2 aliphatic heterocycles. The average molecular weight is 403 g/mol. The number of fused-ring (bicyclic) bond motifs is 1. The van der Waals surface area contributed by atoms with Gasteiger partial charge in [0.1, 0.15) is 5.84 Å². The molecule has 1 saturated heterocycles. The van der Waals surface area contributed by atoms with E-state index in [0.29, 0.717) is 0 Å². The van der Waals surface area contributed by atoms with Gasteiger partial charge in [0.15, 0.2) is 0 Å². The first-order chi connectivity index (χ1) is 14.4. The van der Waals surface area contributed by atoms with Crippen molar-refractivity contribution in [2.75, 3.05) is 20.6 Å². The smallest absolute Gasteiger partial charge is 0.239 e. The number of amidine groups is 1. The number of amides is 1. The fraction of sp³-hybridized carbons (Fsp3) is 0.400. The first-order valence-corrected chi connectivity index (χ1v) is 10.7. The van der Waals surface area contributed by atoms with Gasteiger partial charge in [0, 0.05) is 14.1 Å². The van der Waals surface area contributed by atoms with Crippen molar-refractivity contribution in [3.05, 3.63) is 60.2 Å². The monoisotopic (exact) mass is 402 g/mol. The summed E-state index contributed by atoms with van der Waals surface area (Å²) in [5, 5.41) is 0. The normalized spacial score (nSPS) is 21.7. The average Bonchev–Trinajstić information content (AvgIpc) is 3.08. The van der Waals surface area contributed by atoms with Crippen molar-refractivity contribution < 1.29 is 4.79 Å². The number of aryl methyl sites for hydroxylation is 1. The molecule has 5 nitrogen and oxygen atoms in total. The first kappa shape index (κ1) is 20.3. The van der Waals surface area contributed by atoms with Crippen LogP contribution in [0.2, 0.25) is 0 Å². The second-order valence-corrected chi connectivity index (χ2v) is 8.80. The number of guanidine groups is 1. The van der Waals surface area contributed by atoms with Crippen LogP contribution in [0.25, 0.3) is 11.1 Å². The lowest BCUT2D eigenvalue weighted by molar-refractivity contribution is -0.129. The third kappa shape index (κ3) is 3.89. The van der Waals surface area contributed by atoms with Gasteiger partial charge in [-0.1, -0.05) is 54.6 Å². The molecule has 30 heavy (non-hydrogen) atoms. The van der Waals surface area contributed by atoms with Crippen LogP contribution in [-0.4, -0.2) is 53.7 Å². The Bertz CT molecular complexity index is 976. The van der Waals surface area contributed by atoms with E-state index in [1.807, 2.05) is 13.1 Å². The van der Waals surface area contributed by atoms with E-state index in [2.05, 4.69) is 72.3 Å². The molecule has 5 heteroatoms. The number of hydrogen-bond donors (Lipinski definition) is 0. The van der Waals surface area contributed by atoms with Crippen LogP contribution in [-0.2, 0) is 11.2 Å². The van der Waals surface area contributed by atoms with Gasteiger partial charge in [-0.25, -0.2) is 4.99 Å². The van der Waals surface area contributed by atoms with Crippen molar-refractivity contribution in [1.82, 2.24) is 9.80 Å². The maximum atomic E-state index is 13.0. The van der Waals surface area contributed by atoms with E-state index in [1.165, 1.54) is 16.7 Å². The highest BCUT2D eigenvalue weighted by molar-refractivity contribution is 6.19. The predicted octanol–water partition coefficient (Wildman–Crippen LogP) is 4.24. The maximum absolute atomic E-state index is 13.0. The van der Waals surface area contributed by atoms with E-state index < -0.39 is 0 Å². The van der Waals surface area contributed by atoms with Crippen molar-refractivity contribution in [3.8, 4) is 11.1 Å². The van der Waals surface area contributed by atoms with Crippen LogP contribution in [0, 0.1) is 5.92 Å². The van der Waals surface area contributed by atoms with Crippen LogP contribution in [0.1, 0.15) is 32.3 Å². The molecule has 2 aromatic carbocycles. The summed E-state index contributed by atoms with van der Waals surface area (Å²) in [5.41, 5.74) is 3.56. The zero-order chi connectivity index (χ0) is 21.3. The van der Waals surface area contributed by atoms with Crippen LogP contribution >= 0.6 is 0 Å². The number of carbonyl (C=O) groups is 1. The molecule has 2 aromatic rings. The number of hydrogen-bond acceptors (Lipinski definition) is 3. The van der Waals surface area contributed by atoms with Crippen molar-refractivity contribution in [2.24, 2.45) is 15.9 Å². The first-order valence-electron chi connectivity index (χ1n) is 10.7. The Hall–Kier alpha value is -2.95. The van der Waals surface area contributed by atoms with Crippen molar-refractivity contribution in [2.45, 2.75) is 38.6 Å². The molecular formula is C25H30N4O. The standard InChI is InChI=1S/C25H30N4O/c1-25(2)17-29-22(26-3)21(23(30)28(4)24(29)27-25)12-8-9-18-13-15-20(16-14-18)19-10-6-5-7-11-19/h5-7,10-11,13-16,21H,8-9,12,17H2,1-4H3. The van der Waals surface area contributed by atoms with E-state index >= 15 is 0 Å². The second-order valence-electron chi connectivity index (χ2n) is 8.80. The molecule has 0 aromatic heterocycles. The van der Waals surface area contributed by atoms with Gasteiger partial charge in [0.05, 0.1) is 18.0 Å². The lowest BCUT2D eigenvalue weighted by Crippen LogP contribution is -2.57. The molecule has 1 unspecified atom stereocenters. The summed E-state index contributed by atoms with van der Waals surface area (Å²) in [7, 11) is 3.61. The van der Waals surface area contributed by atoms with E-state index in [4.69, 9.17) is 4.99 Å². The number of nitrogens with zero attached hydrogens (tertiary/aromatic N) is 4. The van der Waals surface area contributed by atoms with Crippen molar-refractivity contribution >= 4 is 17.7 Å². The Balaban J connectivity index is 1.41. The van der Waals surface area contributed by atoms with E-state index in [0.717, 1.165) is 37.6 Å². The van der Waals surface area contributed by atoms with Crippen molar-refractivity contribution in [1.29, 1.82) is 0 Å². The summed E-state index contributed by atoms with van der Waals surface area (Å²) in [5.74, 6) is 1.50. The molecule has 1 atom stereocenters. The third-order valence-electron chi connectivity index (χ3n) is 5.95. The molecule has 1 fully saturated rings. The molecule has 1 amide bonds. The number of benzene rings is 2. The zero-order valence-corrected chi connectivity index (χ0v) is 18.3. The highest BCUT2D eigenvalue weighted by Gasteiger charge is 2.46. The fourth-order valence-electron chi connectivity index (χ4n) is 4.43. The van der Waals surface area contributed by atoms with Crippen LogP contribution in [0.3, 0.4) is 0 Å². The third-order valence-corrected chi connectivity index (χ3v) is 5.95.